The van der Waals surface area contributed by atoms with Crippen LogP contribution in [0.15, 0.2) is 53.9 Å². The van der Waals surface area contributed by atoms with Crippen molar-refractivity contribution in [2.45, 2.75) is 51.5 Å². The Labute approximate surface area is 129 Å². The van der Waals surface area contributed by atoms with Crippen LogP contribution in [0.3, 0.4) is 0 Å². The zero-order chi connectivity index (χ0) is 14.9. The van der Waals surface area contributed by atoms with Crippen LogP contribution in [0.1, 0.15) is 44.6 Å². The minimum atomic E-state index is 0.493. The van der Waals surface area contributed by atoms with Gasteiger partial charge in [-0.25, -0.2) is 0 Å². The smallest absolute Gasteiger partial charge is 0.0361 e. The van der Waals surface area contributed by atoms with Crippen molar-refractivity contribution in [1.82, 2.24) is 5.32 Å². The zero-order valence-corrected chi connectivity index (χ0v) is 13.2. The van der Waals surface area contributed by atoms with Crippen molar-refractivity contribution >= 4 is 0 Å². The third-order valence-corrected chi connectivity index (χ3v) is 4.33. The first-order valence-corrected chi connectivity index (χ1v) is 8.20. The van der Waals surface area contributed by atoms with E-state index in [4.69, 9.17) is 0 Å². The van der Waals surface area contributed by atoms with Gasteiger partial charge in [0, 0.05) is 6.04 Å². The van der Waals surface area contributed by atoms with Crippen molar-refractivity contribution in [3.05, 3.63) is 59.5 Å². The summed E-state index contributed by atoms with van der Waals surface area (Å²) < 4.78 is 0. The maximum Gasteiger partial charge on any atom is 0.0361 e. The first kappa shape index (κ1) is 15.9. The topological polar surface area (TPSA) is 12.0 Å². The molecule has 1 fully saturated rings. The zero-order valence-electron chi connectivity index (χ0n) is 13.2. The highest BCUT2D eigenvalue weighted by Gasteiger charge is 2.20. The summed E-state index contributed by atoms with van der Waals surface area (Å²) in [5.74, 6) is 0.799. The van der Waals surface area contributed by atoms with Gasteiger partial charge in [0.25, 0.3) is 0 Å². The van der Waals surface area contributed by atoms with E-state index in [0.29, 0.717) is 6.04 Å². The number of aryl methyl sites for hydroxylation is 1. The Bertz CT molecular complexity index is 496. The van der Waals surface area contributed by atoms with E-state index in [0.717, 1.165) is 18.9 Å². The molecule has 1 aromatic rings. The molecule has 0 radical (unpaired) electrons. The SMILES string of the molecule is C=C=C=C(CCCCc1ccccc1)[C@@H]1CCC(C)CN1. The van der Waals surface area contributed by atoms with E-state index < -0.39 is 0 Å². The Morgan fingerprint density at radius 3 is 2.71 bits per heavy atom. The molecule has 1 aromatic carbocycles. The Hall–Kier alpha value is -1.52. The van der Waals surface area contributed by atoms with Crippen molar-refractivity contribution < 1.29 is 0 Å². The molecule has 1 nitrogen and oxygen atoms in total. The summed E-state index contributed by atoms with van der Waals surface area (Å²) in [6.45, 7) is 7.14. The highest BCUT2D eigenvalue weighted by molar-refractivity contribution is 5.15. The van der Waals surface area contributed by atoms with Crippen LogP contribution in [0, 0.1) is 5.92 Å². The molecule has 112 valence electrons. The molecular weight excluding hydrogens is 254 g/mol. The van der Waals surface area contributed by atoms with E-state index in [9.17, 15) is 0 Å². The molecule has 0 bridgehead atoms. The van der Waals surface area contributed by atoms with Crippen molar-refractivity contribution in [2.75, 3.05) is 6.54 Å². The molecule has 0 aliphatic carbocycles. The molecular formula is C20H27N. The second-order valence-electron chi connectivity index (χ2n) is 6.16. The van der Waals surface area contributed by atoms with Crippen molar-refractivity contribution in [1.29, 1.82) is 0 Å². The predicted molar refractivity (Wildman–Crippen MR) is 90.4 cm³/mol. The molecule has 1 heteroatoms. The van der Waals surface area contributed by atoms with Gasteiger partial charge in [-0.15, -0.1) is 0 Å². The maximum absolute atomic E-state index is 3.70. The number of benzene rings is 1. The summed E-state index contributed by atoms with van der Waals surface area (Å²) >= 11 is 0. The summed E-state index contributed by atoms with van der Waals surface area (Å²) in [6.07, 6.45) is 7.26. The van der Waals surface area contributed by atoms with Gasteiger partial charge in [-0.2, -0.15) is 0 Å². The summed E-state index contributed by atoms with van der Waals surface area (Å²) in [4.78, 5) is 0. The van der Waals surface area contributed by atoms with Crippen LogP contribution in [-0.2, 0) is 6.42 Å². The van der Waals surface area contributed by atoms with E-state index in [-0.39, 0.29) is 0 Å². The lowest BCUT2D eigenvalue weighted by Crippen LogP contribution is -2.39. The first-order chi connectivity index (χ1) is 10.3. The van der Waals surface area contributed by atoms with Crippen LogP contribution in [0.25, 0.3) is 0 Å². The Balaban J connectivity index is 1.79. The second kappa shape index (κ2) is 8.70. The quantitative estimate of drug-likeness (QED) is 0.591. The molecule has 2 atom stereocenters. The second-order valence-corrected chi connectivity index (χ2v) is 6.16. The minimum Gasteiger partial charge on any atom is -0.309 e. The van der Waals surface area contributed by atoms with Crippen LogP contribution in [0.4, 0.5) is 0 Å². The average Bonchev–Trinajstić information content (AvgIpc) is 2.52. The van der Waals surface area contributed by atoms with Crippen LogP contribution in [0.2, 0.25) is 0 Å². The predicted octanol–water partition coefficient (Wildman–Crippen LogP) is 4.65. The average molecular weight is 281 g/mol. The summed E-state index contributed by atoms with van der Waals surface area (Å²) in [5, 5.41) is 3.65. The summed E-state index contributed by atoms with van der Waals surface area (Å²) in [6, 6.07) is 11.2. The first-order valence-electron chi connectivity index (χ1n) is 8.20. The molecule has 2 rings (SSSR count). The number of piperidine rings is 1. The number of nitrogens with one attached hydrogen (secondary N) is 1. The van der Waals surface area contributed by atoms with Crippen molar-refractivity contribution in [2.24, 2.45) is 5.92 Å². The molecule has 1 heterocycles. The van der Waals surface area contributed by atoms with Gasteiger partial charge < -0.3 is 5.32 Å². The van der Waals surface area contributed by atoms with Gasteiger partial charge >= 0.3 is 0 Å². The van der Waals surface area contributed by atoms with E-state index in [2.05, 4.69) is 60.6 Å². The lowest BCUT2D eigenvalue weighted by atomic mass is 9.90. The molecule has 0 aromatic heterocycles. The number of rotatable bonds is 6. The Morgan fingerprint density at radius 2 is 2.05 bits per heavy atom. The fourth-order valence-corrected chi connectivity index (χ4v) is 3.02. The van der Waals surface area contributed by atoms with Crippen LogP contribution >= 0.6 is 0 Å². The third kappa shape index (κ3) is 5.40. The third-order valence-electron chi connectivity index (χ3n) is 4.33. The largest absolute Gasteiger partial charge is 0.309 e. The van der Waals surface area contributed by atoms with E-state index >= 15 is 0 Å². The molecule has 1 unspecified atom stereocenters. The highest BCUT2D eigenvalue weighted by Crippen LogP contribution is 2.22. The number of hydrogen-bond donors (Lipinski definition) is 1. The summed E-state index contributed by atoms with van der Waals surface area (Å²) in [5.41, 5.74) is 8.92. The molecule has 21 heavy (non-hydrogen) atoms. The van der Waals surface area contributed by atoms with Gasteiger partial charge in [-0.3, -0.25) is 0 Å². The maximum atomic E-state index is 3.70. The standard InChI is InChI=1S/C20H27N/c1-3-9-19(20-15-14-17(2)16-21-20)13-8-7-12-18-10-5-4-6-11-18/h4-6,10-11,17,20-21H,1,7-8,12-16H2,2H3/t17?,20-/m0/s1. The number of hydrogen-bond acceptors (Lipinski definition) is 1. The van der Waals surface area contributed by atoms with Gasteiger partial charge in [-0.1, -0.05) is 48.7 Å². The molecule has 0 spiro atoms. The summed E-state index contributed by atoms with van der Waals surface area (Å²) in [7, 11) is 0. The van der Waals surface area contributed by atoms with Gasteiger partial charge in [0.2, 0.25) is 0 Å². The molecule has 0 amide bonds. The Morgan fingerprint density at radius 1 is 1.24 bits per heavy atom. The van der Waals surface area contributed by atoms with E-state index in [1.54, 1.807) is 0 Å². The van der Waals surface area contributed by atoms with E-state index in [1.165, 1.54) is 43.2 Å². The van der Waals surface area contributed by atoms with Gasteiger partial charge in [0.1, 0.15) is 0 Å². The van der Waals surface area contributed by atoms with Gasteiger partial charge in [0.15, 0.2) is 0 Å². The van der Waals surface area contributed by atoms with Gasteiger partial charge in [0.05, 0.1) is 0 Å². The lowest BCUT2D eigenvalue weighted by molar-refractivity contribution is 0.348. The molecule has 1 aliphatic heterocycles. The van der Waals surface area contributed by atoms with Gasteiger partial charge in [-0.05, 0) is 68.7 Å². The molecule has 1 aliphatic rings. The fourth-order valence-electron chi connectivity index (χ4n) is 3.02. The van der Waals surface area contributed by atoms with Crippen LogP contribution < -0.4 is 5.32 Å². The van der Waals surface area contributed by atoms with Crippen LogP contribution in [-0.4, -0.2) is 12.6 Å². The fraction of sp³-hybridized carbons (Fsp3) is 0.500. The molecule has 0 saturated carbocycles. The number of unbranched alkanes of at least 4 members (excludes halogenated alkanes) is 1. The molecule has 1 saturated heterocycles. The van der Waals surface area contributed by atoms with Crippen LogP contribution in [0.5, 0.6) is 0 Å². The Kier molecular flexibility index (Phi) is 6.57. The van der Waals surface area contributed by atoms with Crippen molar-refractivity contribution in [3.63, 3.8) is 0 Å². The minimum absolute atomic E-state index is 0.493. The monoisotopic (exact) mass is 281 g/mol. The molecule has 1 N–H and O–H groups in total. The highest BCUT2D eigenvalue weighted by atomic mass is 14.9. The lowest BCUT2D eigenvalue weighted by Gasteiger charge is -2.28. The van der Waals surface area contributed by atoms with Crippen molar-refractivity contribution in [3.8, 4) is 0 Å². The normalized spacial score (nSPS) is 21.4. The van der Waals surface area contributed by atoms with E-state index in [1.807, 2.05) is 0 Å².